The standard InChI is InChI=1S/C18H18N8O2S/c1-2-15(25-12-14(10-19-25)26(27)28)17-21-22-18(29-17)20-16-8-9-24(23-16)11-13-6-4-3-5-7-13/h3-10,12,15H,2,11H2,1H3,(H,20,22,23). The number of aromatic nitrogens is 6. The fraction of sp³-hybridized carbons (Fsp3) is 0.222. The van der Waals surface area contributed by atoms with Crippen LogP contribution in [0.25, 0.3) is 0 Å². The second kappa shape index (κ2) is 8.19. The van der Waals surface area contributed by atoms with E-state index in [-0.39, 0.29) is 11.7 Å². The van der Waals surface area contributed by atoms with Gasteiger partial charge in [0.2, 0.25) is 5.13 Å². The Morgan fingerprint density at radius 1 is 1.24 bits per heavy atom. The molecule has 0 aliphatic carbocycles. The zero-order chi connectivity index (χ0) is 20.2. The highest BCUT2D eigenvalue weighted by Gasteiger charge is 2.21. The van der Waals surface area contributed by atoms with Gasteiger partial charge in [-0.05, 0) is 12.0 Å². The number of nitrogens with zero attached hydrogens (tertiary/aromatic N) is 7. The SMILES string of the molecule is CCC(c1nnc(Nc2ccn(Cc3ccccc3)n2)s1)n1cc([N+](=O)[O-])cn1. The molecule has 0 bridgehead atoms. The van der Waals surface area contributed by atoms with Crippen molar-refractivity contribution >= 4 is 28.0 Å². The van der Waals surface area contributed by atoms with Gasteiger partial charge in [0.05, 0.1) is 11.5 Å². The van der Waals surface area contributed by atoms with E-state index in [4.69, 9.17) is 0 Å². The predicted octanol–water partition coefficient (Wildman–Crippen LogP) is 3.63. The van der Waals surface area contributed by atoms with Gasteiger partial charge < -0.3 is 5.32 Å². The zero-order valence-corrected chi connectivity index (χ0v) is 16.4. The molecule has 4 rings (SSSR count). The monoisotopic (exact) mass is 410 g/mol. The molecule has 10 nitrogen and oxygen atoms in total. The summed E-state index contributed by atoms with van der Waals surface area (Å²) < 4.78 is 3.40. The molecule has 29 heavy (non-hydrogen) atoms. The smallest absolute Gasteiger partial charge is 0.307 e. The van der Waals surface area contributed by atoms with Gasteiger partial charge >= 0.3 is 5.69 Å². The first kappa shape index (κ1) is 18.7. The minimum atomic E-state index is -0.463. The Labute approximate surface area is 170 Å². The van der Waals surface area contributed by atoms with Crippen molar-refractivity contribution in [2.45, 2.75) is 25.9 Å². The second-order valence-electron chi connectivity index (χ2n) is 6.31. The van der Waals surface area contributed by atoms with Crippen LogP contribution in [-0.2, 0) is 6.54 Å². The molecule has 0 amide bonds. The van der Waals surface area contributed by atoms with E-state index in [2.05, 4.69) is 37.8 Å². The Morgan fingerprint density at radius 3 is 2.79 bits per heavy atom. The average molecular weight is 410 g/mol. The number of anilines is 2. The topological polar surface area (TPSA) is 117 Å². The maximum atomic E-state index is 10.9. The Kier molecular flexibility index (Phi) is 5.29. The lowest BCUT2D eigenvalue weighted by atomic mass is 10.2. The van der Waals surface area contributed by atoms with E-state index in [0.717, 1.165) is 5.01 Å². The molecule has 3 aromatic heterocycles. The third kappa shape index (κ3) is 4.29. The molecule has 0 spiro atoms. The van der Waals surface area contributed by atoms with Crippen LogP contribution in [0, 0.1) is 10.1 Å². The van der Waals surface area contributed by atoms with Gasteiger partial charge in [-0.2, -0.15) is 10.2 Å². The average Bonchev–Trinajstić information content (AvgIpc) is 3.46. The Balaban J connectivity index is 1.45. The zero-order valence-electron chi connectivity index (χ0n) is 15.5. The van der Waals surface area contributed by atoms with E-state index in [1.165, 1.54) is 29.3 Å². The van der Waals surface area contributed by atoms with Crippen molar-refractivity contribution in [1.82, 2.24) is 29.8 Å². The fourth-order valence-electron chi connectivity index (χ4n) is 2.88. The number of hydrogen-bond acceptors (Lipinski definition) is 8. The van der Waals surface area contributed by atoms with Crippen molar-refractivity contribution in [1.29, 1.82) is 0 Å². The first-order valence-electron chi connectivity index (χ1n) is 8.98. The molecule has 0 aliphatic heterocycles. The fourth-order valence-corrected chi connectivity index (χ4v) is 3.81. The van der Waals surface area contributed by atoms with E-state index < -0.39 is 4.92 Å². The molecule has 1 atom stereocenters. The molecule has 148 valence electrons. The lowest BCUT2D eigenvalue weighted by Crippen LogP contribution is -2.09. The summed E-state index contributed by atoms with van der Waals surface area (Å²) in [5.41, 5.74) is 1.12. The predicted molar refractivity (Wildman–Crippen MR) is 108 cm³/mol. The van der Waals surface area contributed by atoms with Crippen LogP contribution in [0.4, 0.5) is 16.6 Å². The highest BCUT2D eigenvalue weighted by Crippen LogP contribution is 2.29. The Morgan fingerprint density at radius 2 is 2.07 bits per heavy atom. The molecule has 0 saturated heterocycles. The minimum absolute atomic E-state index is 0.0460. The highest BCUT2D eigenvalue weighted by molar-refractivity contribution is 7.15. The maximum Gasteiger partial charge on any atom is 0.307 e. The molecule has 0 saturated carbocycles. The summed E-state index contributed by atoms with van der Waals surface area (Å²) in [6.45, 7) is 2.65. The number of nitro groups is 1. The van der Waals surface area contributed by atoms with Crippen LogP contribution in [0.3, 0.4) is 0 Å². The lowest BCUT2D eigenvalue weighted by Gasteiger charge is -2.10. The van der Waals surface area contributed by atoms with Crippen LogP contribution in [0.5, 0.6) is 0 Å². The summed E-state index contributed by atoms with van der Waals surface area (Å²) in [5.74, 6) is 0.673. The van der Waals surface area contributed by atoms with Gasteiger partial charge in [-0.25, -0.2) is 0 Å². The quantitative estimate of drug-likeness (QED) is 0.348. The van der Waals surface area contributed by atoms with E-state index in [0.29, 0.717) is 23.9 Å². The van der Waals surface area contributed by atoms with Gasteiger partial charge in [-0.15, -0.1) is 10.2 Å². The summed E-state index contributed by atoms with van der Waals surface area (Å²) in [7, 11) is 0. The van der Waals surface area contributed by atoms with Crippen molar-refractivity contribution in [3.05, 3.63) is 75.7 Å². The van der Waals surface area contributed by atoms with Crippen LogP contribution >= 0.6 is 11.3 Å². The summed E-state index contributed by atoms with van der Waals surface area (Å²) in [5, 5.41) is 32.4. The molecule has 1 aromatic carbocycles. The van der Waals surface area contributed by atoms with E-state index in [9.17, 15) is 10.1 Å². The number of hydrogen-bond donors (Lipinski definition) is 1. The van der Waals surface area contributed by atoms with E-state index in [1.54, 1.807) is 4.68 Å². The summed E-state index contributed by atoms with van der Waals surface area (Å²) in [6, 6.07) is 11.7. The van der Waals surface area contributed by atoms with Gasteiger partial charge in [0, 0.05) is 12.3 Å². The van der Waals surface area contributed by atoms with Gasteiger partial charge in [-0.1, -0.05) is 48.6 Å². The normalized spacial score (nSPS) is 12.0. The molecule has 4 aromatic rings. The molecule has 11 heteroatoms. The third-order valence-electron chi connectivity index (χ3n) is 4.29. The minimum Gasteiger partial charge on any atom is -0.313 e. The lowest BCUT2D eigenvalue weighted by molar-refractivity contribution is -0.385. The summed E-state index contributed by atoms with van der Waals surface area (Å²) in [6.07, 6.45) is 5.23. The van der Waals surface area contributed by atoms with Gasteiger partial charge in [0.25, 0.3) is 0 Å². The van der Waals surface area contributed by atoms with Gasteiger partial charge in [-0.3, -0.25) is 19.5 Å². The highest BCUT2D eigenvalue weighted by atomic mass is 32.1. The maximum absolute atomic E-state index is 10.9. The molecular formula is C18H18N8O2S. The van der Waals surface area contributed by atoms with Crippen molar-refractivity contribution in [3.8, 4) is 0 Å². The molecule has 0 fully saturated rings. The molecular weight excluding hydrogens is 392 g/mol. The van der Waals surface area contributed by atoms with Crippen molar-refractivity contribution in [3.63, 3.8) is 0 Å². The first-order valence-corrected chi connectivity index (χ1v) is 9.80. The van der Waals surface area contributed by atoms with Crippen LogP contribution in [0.1, 0.15) is 30.0 Å². The summed E-state index contributed by atoms with van der Waals surface area (Å²) >= 11 is 1.37. The molecule has 0 aliphatic rings. The molecule has 1 N–H and O–H groups in total. The third-order valence-corrected chi connectivity index (χ3v) is 5.23. The van der Waals surface area contributed by atoms with Crippen LogP contribution in [-0.4, -0.2) is 34.7 Å². The van der Waals surface area contributed by atoms with Crippen molar-refractivity contribution in [2.75, 3.05) is 5.32 Å². The second-order valence-corrected chi connectivity index (χ2v) is 7.32. The van der Waals surface area contributed by atoms with Crippen molar-refractivity contribution in [2.24, 2.45) is 0 Å². The largest absolute Gasteiger partial charge is 0.313 e. The summed E-state index contributed by atoms with van der Waals surface area (Å²) in [4.78, 5) is 10.4. The van der Waals surface area contributed by atoms with Gasteiger partial charge in [0.1, 0.15) is 23.4 Å². The van der Waals surface area contributed by atoms with Crippen LogP contribution in [0.15, 0.2) is 55.0 Å². The molecule has 3 heterocycles. The van der Waals surface area contributed by atoms with Crippen molar-refractivity contribution < 1.29 is 4.92 Å². The van der Waals surface area contributed by atoms with Crippen LogP contribution in [0.2, 0.25) is 0 Å². The van der Waals surface area contributed by atoms with E-state index in [1.807, 2.05) is 42.1 Å². The Bertz CT molecular complexity index is 1100. The number of benzene rings is 1. The number of rotatable bonds is 8. The van der Waals surface area contributed by atoms with E-state index >= 15 is 0 Å². The first-order chi connectivity index (χ1) is 14.1. The molecule has 1 unspecified atom stereocenters. The Hall–Kier alpha value is -3.60. The number of nitrogens with one attached hydrogen (secondary N) is 1. The van der Waals surface area contributed by atoms with Gasteiger partial charge in [0.15, 0.2) is 5.82 Å². The molecule has 0 radical (unpaired) electrons. The van der Waals surface area contributed by atoms with Crippen LogP contribution < -0.4 is 5.32 Å².